The van der Waals surface area contributed by atoms with E-state index >= 15 is 0 Å². The van der Waals surface area contributed by atoms with Gasteiger partial charge in [0.05, 0.1) is 0 Å². The molecule has 4 rings (SSSR count). The molecule has 0 atom stereocenters. The molecular weight excluding hydrogens is 493 g/mol. The van der Waals surface area contributed by atoms with E-state index in [-0.39, 0.29) is 37.2 Å². The molecule has 0 fully saturated rings. The molecule has 0 saturated carbocycles. The normalized spacial score (nSPS) is 10.9. The first-order valence-corrected chi connectivity index (χ1v) is 10.8. The van der Waals surface area contributed by atoms with Crippen molar-refractivity contribution in [2.45, 2.75) is 26.1 Å². The van der Waals surface area contributed by atoms with Crippen LogP contribution >= 0.6 is 12.4 Å². The SMILES string of the molecule is Cl.NCc1ccc(OC(F)(F)F)cc1-c1ccc(OCc2ccccc2)nc1OCc1ccccc1. The van der Waals surface area contributed by atoms with Crippen LogP contribution in [0.4, 0.5) is 13.2 Å². The average Bonchev–Trinajstić information content (AvgIpc) is 2.86. The van der Waals surface area contributed by atoms with Crippen molar-refractivity contribution in [1.82, 2.24) is 4.98 Å². The van der Waals surface area contributed by atoms with Crippen molar-refractivity contribution in [2.75, 3.05) is 0 Å². The van der Waals surface area contributed by atoms with Crippen LogP contribution in [0.5, 0.6) is 17.5 Å². The average molecular weight is 517 g/mol. The molecule has 5 nitrogen and oxygen atoms in total. The van der Waals surface area contributed by atoms with Crippen LogP contribution in [0.25, 0.3) is 11.1 Å². The summed E-state index contributed by atoms with van der Waals surface area (Å²) in [6.45, 7) is 0.611. The number of nitrogens with two attached hydrogens (primary N) is 1. The van der Waals surface area contributed by atoms with Gasteiger partial charge in [-0.3, -0.25) is 0 Å². The first-order chi connectivity index (χ1) is 16.9. The summed E-state index contributed by atoms with van der Waals surface area (Å²) in [5.41, 5.74) is 9.26. The van der Waals surface area contributed by atoms with Gasteiger partial charge in [-0.2, -0.15) is 4.98 Å². The van der Waals surface area contributed by atoms with Crippen LogP contribution in [0.1, 0.15) is 16.7 Å². The molecule has 1 aromatic heterocycles. The highest BCUT2D eigenvalue weighted by Crippen LogP contribution is 2.36. The lowest BCUT2D eigenvalue weighted by atomic mass is 10.00. The van der Waals surface area contributed by atoms with Gasteiger partial charge >= 0.3 is 6.36 Å². The van der Waals surface area contributed by atoms with E-state index in [1.807, 2.05) is 60.7 Å². The highest BCUT2D eigenvalue weighted by molar-refractivity contribution is 5.85. The van der Waals surface area contributed by atoms with Gasteiger partial charge < -0.3 is 19.9 Å². The van der Waals surface area contributed by atoms with E-state index in [0.717, 1.165) is 11.1 Å². The lowest BCUT2D eigenvalue weighted by molar-refractivity contribution is -0.274. The van der Waals surface area contributed by atoms with Gasteiger partial charge in [-0.25, -0.2) is 0 Å². The van der Waals surface area contributed by atoms with Crippen LogP contribution in [0.3, 0.4) is 0 Å². The summed E-state index contributed by atoms with van der Waals surface area (Å²) in [5, 5.41) is 0. The summed E-state index contributed by atoms with van der Waals surface area (Å²) >= 11 is 0. The number of benzene rings is 3. The molecule has 9 heteroatoms. The number of hydrogen-bond acceptors (Lipinski definition) is 5. The van der Waals surface area contributed by atoms with E-state index < -0.39 is 6.36 Å². The van der Waals surface area contributed by atoms with Crippen LogP contribution in [0.2, 0.25) is 0 Å². The molecule has 4 aromatic rings. The monoisotopic (exact) mass is 516 g/mol. The number of halogens is 4. The van der Waals surface area contributed by atoms with Crippen LogP contribution < -0.4 is 19.9 Å². The van der Waals surface area contributed by atoms with E-state index in [4.69, 9.17) is 15.2 Å². The fourth-order valence-corrected chi connectivity index (χ4v) is 3.46. The highest BCUT2D eigenvalue weighted by atomic mass is 35.5. The second-order valence-corrected chi connectivity index (χ2v) is 7.62. The van der Waals surface area contributed by atoms with E-state index in [0.29, 0.717) is 29.2 Å². The summed E-state index contributed by atoms with van der Waals surface area (Å²) in [7, 11) is 0. The zero-order chi connectivity index (χ0) is 24.7. The van der Waals surface area contributed by atoms with Crippen molar-refractivity contribution >= 4 is 12.4 Å². The molecular formula is C27H24ClF3N2O3. The molecule has 2 N–H and O–H groups in total. The smallest absolute Gasteiger partial charge is 0.473 e. The number of hydrogen-bond donors (Lipinski definition) is 1. The second kappa shape index (κ2) is 12.3. The molecule has 0 bridgehead atoms. The van der Waals surface area contributed by atoms with Gasteiger partial charge in [0.2, 0.25) is 11.8 Å². The Hall–Kier alpha value is -3.75. The first kappa shape index (κ1) is 26.8. The number of pyridine rings is 1. The predicted molar refractivity (Wildman–Crippen MR) is 133 cm³/mol. The van der Waals surface area contributed by atoms with Crippen molar-refractivity contribution in [1.29, 1.82) is 0 Å². The van der Waals surface area contributed by atoms with Gasteiger partial charge in [-0.05, 0) is 40.5 Å². The van der Waals surface area contributed by atoms with Gasteiger partial charge in [0.25, 0.3) is 0 Å². The molecule has 0 unspecified atom stereocenters. The minimum absolute atomic E-state index is 0. The Labute approximate surface area is 213 Å². The van der Waals surface area contributed by atoms with Crippen LogP contribution in [-0.4, -0.2) is 11.3 Å². The minimum atomic E-state index is -4.82. The van der Waals surface area contributed by atoms with Gasteiger partial charge in [0.15, 0.2) is 0 Å². The maximum Gasteiger partial charge on any atom is 0.573 e. The summed E-state index contributed by atoms with van der Waals surface area (Å²) in [6.07, 6.45) is -4.82. The summed E-state index contributed by atoms with van der Waals surface area (Å²) in [6, 6.07) is 26.4. The molecule has 0 saturated heterocycles. The summed E-state index contributed by atoms with van der Waals surface area (Å²) in [4.78, 5) is 4.51. The van der Waals surface area contributed by atoms with E-state index in [2.05, 4.69) is 9.72 Å². The van der Waals surface area contributed by atoms with E-state index in [1.54, 1.807) is 12.1 Å². The molecule has 1 heterocycles. The molecule has 0 radical (unpaired) electrons. The van der Waals surface area contributed by atoms with Gasteiger partial charge in [0.1, 0.15) is 19.0 Å². The fraction of sp³-hybridized carbons (Fsp3) is 0.148. The zero-order valence-corrected chi connectivity index (χ0v) is 19.9. The lowest BCUT2D eigenvalue weighted by Gasteiger charge is -2.17. The van der Waals surface area contributed by atoms with Crippen LogP contribution in [0, 0.1) is 0 Å². The third-order valence-electron chi connectivity index (χ3n) is 5.11. The largest absolute Gasteiger partial charge is 0.573 e. The molecule has 188 valence electrons. The second-order valence-electron chi connectivity index (χ2n) is 7.62. The Kier molecular flexibility index (Phi) is 9.16. The van der Waals surface area contributed by atoms with Crippen LogP contribution in [0.15, 0.2) is 91.0 Å². The Bertz CT molecular complexity index is 1260. The van der Waals surface area contributed by atoms with E-state index in [1.165, 1.54) is 18.2 Å². The number of nitrogens with zero attached hydrogens (tertiary/aromatic N) is 1. The Morgan fingerprint density at radius 2 is 1.33 bits per heavy atom. The number of ether oxygens (including phenoxy) is 3. The van der Waals surface area contributed by atoms with Crippen molar-refractivity contribution in [2.24, 2.45) is 5.73 Å². The number of aromatic nitrogens is 1. The Morgan fingerprint density at radius 3 is 1.92 bits per heavy atom. The molecule has 3 aromatic carbocycles. The molecule has 0 aliphatic heterocycles. The first-order valence-electron chi connectivity index (χ1n) is 10.8. The number of alkyl halides is 3. The quantitative estimate of drug-likeness (QED) is 0.268. The maximum absolute atomic E-state index is 12.8. The van der Waals surface area contributed by atoms with Gasteiger partial charge in [-0.1, -0.05) is 66.7 Å². The Morgan fingerprint density at radius 1 is 0.722 bits per heavy atom. The van der Waals surface area contributed by atoms with Crippen molar-refractivity contribution in [3.63, 3.8) is 0 Å². The summed E-state index contributed by atoms with van der Waals surface area (Å²) < 4.78 is 54.4. The number of rotatable bonds is 9. The molecule has 0 aliphatic rings. The third kappa shape index (κ3) is 7.37. The fourth-order valence-electron chi connectivity index (χ4n) is 3.46. The molecule has 0 amide bonds. The van der Waals surface area contributed by atoms with Crippen molar-refractivity contribution < 1.29 is 27.4 Å². The third-order valence-corrected chi connectivity index (χ3v) is 5.11. The van der Waals surface area contributed by atoms with Crippen molar-refractivity contribution in [3.05, 3.63) is 108 Å². The highest BCUT2D eigenvalue weighted by Gasteiger charge is 2.31. The molecule has 36 heavy (non-hydrogen) atoms. The minimum Gasteiger partial charge on any atom is -0.473 e. The van der Waals surface area contributed by atoms with Crippen molar-refractivity contribution in [3.8, 4) is 28.6 Å². The maximum atomic E-state index is 12.8. The van der Waals surface area contributed by atoms with Gasteiger partial charge in [0, 0.05) is 18.2 Å². The van der Waals surface area contributed by atoms with E-state index in [9.17, 15) is 13.2 Å². The molecule has 0 aliphatic carbocycles. The predicted octanol–water partition coefficient (Wildman–Crippen LogP) is 6.69. The standard InChI is InChI=1S/C27H23F3N2O3.ClH/c28-27(29,30)35-22-12-11-21(16-31)24(15-22)23-13-14-25(33-17-19-7-3-1-4-8-19)32-26(23)34-18-20-9-5-2-6-10-20;/h1-15H,16-18,31H2;1H. The lowest BCUT2D eigenvalue weighted by Crippen LogP contribution is -2.17. The zero-order valence-electron chi connectivity index (χ0n) is 19.1. The van der Waals surface area contributed by atoms with Gasteiger partial charge in [-0.15, -0.1) is 25.6 Å². The topological polar surface area (TPSA) is 66.6 Å². The summed E-state index contributed by atoms with van der Waals surface area (Å²) in [5.74, 6) is 0.166. The van der Waals surface area contributed by atoms with Crippen LogP contribution in [-0.2, 0) is 19.8 Å². The molecule has 0 spiro atoms. The Balaban J connectivity index is 0.00000361.